The van der Waals surface area contributed by atoms with Crippen LogP contribution in [-0.2, 0) is 0 Å². The van der Waals surface area contributed by atoms with E-state index in [4.69, 9.17) is 9.81 Å². The summed E-state index contributed by atoms with van der Waals surface area (Å²) >= 11 is 0.735. The van der Waals surface area contributed by atoms with Crippen molar-refractivity contribution in [1.82, 2.24) is 0 Å². The summed E-state index contributed by atoms with van der Waals surface area (Å²) in [5.74, 6) is -0.0648. The van der Waals surface area contributed by atoms with E-state index < -0.39 is 0 Å². The first kappa shape index (κ1) is 7.80. The molecular weight excluding hydrogens is 122 g/mol. The molecule has 0 aromatic rings. The summed E-state index contributed by atoms with van der Waals surface area (Å²) in [7, 11) is 0. The van der Waals surface area contributed by atoms with Crippen LogP contribution in [0.15, 0.2) is 0 Å². The first-order chi connectivity index (χ1) is 3.72. The van der Waals surface area contributed by atoms with Crippen LogP contribution in [0.5, 0.6) is 0 Å². The molecule has 0 heterocycles. The van der Waals surface area contributed by atoms with Crippen LogP contribution in [0.1, 0.15) is 13.8 Å². The van der Waals surface area contributed by atoms with E-state index >= 15 is 0 Å². The van der Waals surface area contributed by atoms with Crippen LogP contribution in [-0.4, -0.2) is 9.80 Å². The molecule has 0 aliphatic heterocycles. The Morgan fingerprint density at radius 3 is 2.25 bits per heavy atom. The molecule has 0 spiro atoms. The van der Waals surface area contributed by atoms with Gasteiger partial charge in [-0.25, -0.2) is 0 Å². The molecule has 0 rings (SSSR count). The van der Waals surface area contributed by atoms with E-state index in [0.717, 1.165) is 12.0 Å². The third-order valence-electron chi connectivity index (χ3n) is 1.07. The van der Waals surface area contributed by atoms with Crippen molar-refractivity contribution in [2.24, 2.45) is 5.92 Å². The van der Waals surface area contributed by atoms with Crippen molar-refractivity contribution in [3.63, 3.8) is 0 Å². The molecule has 1 N–H and O–H groups in total. The minimum absolute atomic E-state index is 0.0278. The van der Waals surface area contributed by atoms with E-state index in [1.165, 1.54) is 0 Å². The Hall–Kier alpha value is -0.200. The lowest BCUT2D eigenvalue weighted by Gasteiger charge is -2.05. The molecule has 46 valence electrons. The molecule has 0 bridgehead atoms. The van der Waals surface area contributed by atoms with Gasteiger partial charge in [-0.1, -0.05) is 0 Å². The van der Waals surface area contributed by atoms with Crippen molar-refractivity contribution >= 4 is 12.0 Å². The fourth-order valence-electron chi connectivity index (χ4n) is 0.196. The van der Waals surface area contributed by atoms with Gasteiger partial charge in [0.15, 0.2) is 0 Å². The fraction of sp³-hybridized carbons (Fsp3) is 0.800. The highest BCUT2D eigenvalue weighted by atomic mass is 32.2. The predicted molar refractivity (Wildman–Crippen MR) is 34.5 cm³/mol. The third kappa shape index (κ3) is 2.20. The quantitative estimate of drug-likeness (QED) is 0.580. The average molecular weight is 131 g/mol. The van der Waals surface area contributed by atoms with Crippen LogP contribution in [0.25, 0.3) is 0 Å². The monoisotopic (exact) mass is 131 g/mol. The Kier molecular flexibility index (Phi) is 3.67. The van der Waals surface area contributed by atoms with Crippen LogP contribution >= 0.6 is 12.0 Å². The van der Waals surface area contributed by atoms with Crippen molar-refractivity contribution in [3.8, 4) is 6.07 Å². The Labute approximate surface area is 53.7 Å². The van der Waals surface area contributed by atoms with Crippen LogP contribution in [0.2, 0.25) is 0 Å². The van der Waals surface area contributed by atoms with Crippen molar-refractivity contribution in [3.05, 3.63) is 0 Å². The Morgan fingerprint density at radius 1 is 1.62 bits per heavy atom. The second kappa shape index (κ2) is 3.76. The summed E-state index contributed by atoms with van der Waals surface area (Å²) in [4.78, 5) is 0. The van der Waals surface area contributed by atoms with Crippen LogP contribution < -0.4 is 0 Å². The van der Waals surface area contributed by atoms with E-state index in [0.29, 0.717) is 0 Å². The summed E-state index contributed by atoms with van der Waals surface area (Å²) in [6.07, 6.45) is 0. The standard InChI is InChI=1S/C5H9NOS/c1-4(3-6)5(2)8-7/h4-5,7H,1-2H3. The maximum Gasteiger partial charge on any atom is 0.0665 e. The smallest absolute Gasteiger partial charge is 0.0665 e. The second-order valence-corrected chi connectivity index (χ2v) is 2.68. The maximum atomic E-state index is 8.40. The minimum Gasteiger partial charge on any atom is -0.330 e. The van der Waals surface area contributed by atoms with Gasteiger partial charge < -0.3 is 4.55 Å². The van der Waals surface area contributed by atoms with Crippen LogP contribution in [0, 0.1) is 17.2 Å². The van der Waals surface area contributed by atoms with Crippen molar-refractivity contribution in [1.29, 1.82) is 5.26 Å². The Morgan fingerprint density at radius 2 is 2.12 bits per heavy atom. The van der Waals surface area contributed by atoms with Gasteiger partial charge in [-0.2, -0.15) is 5.26 Å². The average Bonchev–Trinajstić information content (AvgIpc) is 1.84. The predicted octanol–water partition coefficient (Wildman–Crippen LogP) is 1.74. The molecule has 8 heavy (non-hydrogen) atoms. The van der Waals surface area contributed by atoms with Crippen molar-refractivity contribution < 1.29 is 4.55 Å². The summed E-state index contributed by atoms with van der Waals surface area (Å²) in [6, 6.07) is 2.03. The first-order valence-electron chi connectivity index (χ1n) is 2.42. The van der Waals surface area contributed by atoms with Gasteiger partial charge >= 0.3 is 0 Å². The molecule has 2 nitrogen and oxygen atoms in total. The Bertz CT molecular complexity index is 99.1. The van der Waals surface area contributed by atoms with E-state index in [1.807, 2.05) is 13.0 Å². The number of hydrogen-bond acceptors (Lipinski definition) is 3. The zero-order valence-electron chi connectivity index (χ0n) is 4.96. The lowest BCUT2D eigenvalue weighted by molar-refractivity contribution is 0.624. The van der Waals surface area contributed by atoms with Gasteiger partial charge in [-0.15, -0.1) is 0 Å². The largest absolute Gasteiger partial charge is 0.330 e. The maximum absolute atomic E-state index is 8.40. The van der Waals surface area contributed by atoms with Crippen molar-refractivity contribution in [2.45, 2.75) is 19.1 Å². The molecule has 0 aromatic carbocycles. The van der Waals surface area contributed by atoms with E-state index in [9.17, 15) is 0 Å². The highest BCUT2D eigenvalue weighted by Gasteiger charge is 2.09. The third-order valence-corrected chi connectivity index (χ3v) is 1.81. The minimum atomic E-state index is -0.0648. The normalized spacial score (nSPS) is 16.8. The molecule has 0 saturated heterocycles. The molecule has 0 saturated carbocycles. The lowest BCUT2D eigenvalue weighted by atomic mass is 10.1. The van der Waals surface area contributed by atoms with E-state index in [1.54, 1.807) is 6.92 Å². The van der Waals surface area contributed by atoms with Crippen molar-refractivity contribution in [2.75, 3.05) is 0 Å². The highest BCUT2D eigenvalue weighted by molar-refractivity contribution is 7.94. The highest BCUT2D eigenvalue weighted by Crippen LogP contribution is 2.13. The SMILES string of the molecule is CC(C#N)C(C)SO. The molecule has 0 aliphatic rings. The molecule has 0 radical (unpaired) electrons. The zero-order valence-corrected chi connectivity index (χ0v) is 5.77. The number of hydrogen-bond donors (Lipinski definition) is 1. The van der Waals surface area contributed by atoms with Gasteiger partial charge in [-0.05, 0) is 25.9 Å². The summed E-state index contributed by atoms with van der Waals surface area (Å²) in [5, 5.41) is 8.29. The molecule has 2 unspecified atom stereocenters. The number of rotatable bonds is 2. The second-order valence-electron chi connectivity index (χ2n) is 1.73. The summed E-state index contributed by atoms with van der Waals surface area (Å²) < 4.78 is 8.40. The topological polar surface area (TPSA) is 44.0 Å². The molecule has 3 heteroatoms. The van der Waals surface area contributed by atoms with Gasteiger partial charge in [0, 0.05) is 5.25 Å². The first-order valence-corrected chi connectivity index (χ1v) is 3.26. The van der Waals surface area contributed by atoms with Crippen LogP contribution in [0.3, 0.4) is 0 Å². The van der Waals surface area contributed by atoms with E-state index in [2.05, 4.69) is 0 Å². The van der Waals surface area contributed by atoms with E-state index in [-0.39, 0.29) is 11.2 Å². The molecule has 2 atom stereocenters. The van der Waals surface area contributed by atoms with Gasteiger partial charge in [-0.3, -0.25) is 0 Å². The summed E-state index contributed by atoms with van der Waals surface area (Å²) in [6.45, 7) is 3.60. The Balaban J connectivity index is 3.49. The molecule has 0 amide bonds. The molecular formula is C5H9NOS. The molecule has 0 fully saturated rings. The van der Waals surface area contributed by atoms with Gasteiger partial charge in [0.25, 0.3) is 0 Å². The number of nitriles is 1. The number of nitrogens with zero attached hydrogens (tertiary/aromatic N) is 1. The fourth-order valence-corrected chi connectivity index (χ4v) is 0.440. The van der Waals surface area contributed by atoms with Gasteiger partial charge in [0.05, 0.1) is 12.0 Å². The van der Waals surface area contributed by atoms with Gasteiger partial charge in [0.1, 0.15) is 0 Å². The molecule has 0 aromatic heterocycles. The summed E-state index contributed by atoms with van der Waals surface area (Å²) in [5.41, 5.74) is 0. The lowest BCUT2D eigenvalue weighted by Crippen LogP contribution is -2.06. The molecule has 0 aliphatic carbocycles. The van der Waals surface area contributed by atoms with Crippen LogP contribution in [0.4, 0.5) is 0 Å². The zero-order chi connectivity index (χ0) is 6.57. The van der Waals surface area contributed by atoms with Gasteiger partial charge in [0.2, 0.25) is 0 Å².